The molecule has 0 bridgehead atoms. The Morgan fingerprint density at radius 2 is 1.86 bits per heavy atom. The van der Waals surface area contributed by atoms with Crippen molar-refractivity contribution in [3.63, 3.8) is 0 Å². The van der Waals surface area contributed by atoms with Crippen LogP contribution in [0, 0.1) is 6.92 Å². The number of hydrogen-bond acceptors (Lipinski definition) is 6. The zero-order valence-electron chi connectivity index (χ0n) is 12.4. The SMILES string of the molecule is COc1ccc(Cc2nc3c(Cl)nc(C)nc3s2)cc1OC. The number of aryl methyl sites for hydroxylation is 1. The molecule has 0 unspecified atom stereocenters. The van der Waals surface area contributed by atoms with E-state index >= 15 is 0 Å². The predicted octanol–water partition coefficient (Wildman–Crippen LogP) is 3.66. The fourth-order valence-corrected chi connectivity index (χ4v) is 3.50. The van der Waals surface area contributed by atoms with Gasteiger partial charge in [0, 0.05) is 6.42 Å². The molecule has 0 radical (unpaired) electrons. The van der Waals surface area contributed by atoms with Gasteiger partial charge in [0.2, 0.25) is 0 Å². The first kappa shape index (κ1) is 15.0. The summed E-state index contributed by atoms with van der Waals surface area (Å²) in [6.07, 6.45) is 0.677. The number of rotatable bonds is 4. The topological polar surface area (TPSA) is 57.1 Å². The minimum absolute atomic E-state index is 0.400. The molecule has 5 nitrogen and oxygen atoms in total. The third kappa shape index (κ3) is 2.84. The molecule has 0 fully saturated rings. The van der Waals surface area contributed by atoms with Gasteiger partial charge in [0.1, 0.15) is 16.2 Å². The van der Waals surface area contributed by atoms with E-state index in [0.717, 1.165) is 15.4 Å². The predicted molar refractivity (Wildman–Crippen MR) is 87.3 cm³/mol. The van der Waals surface area contributed by atoms with E-state index in [0.29, 0.717) is 34.4 Å². The van der Waals surface area contributed by atoms with Crippen molar-refractivity contribution in [1.82, 2.24) is 15.0 Å². The Balaban J connectivity index is 1.94. The molecule has 7 heteroatoms. The molecule has 3 rings (SSSR count). The second-order valence-electron chi connectivity index (χ2n) is 4.69. The molecule has 0 atom stereocenters. The van der Waals surface area contributed by atoms with E-state index in [-0.39, 0.29) is 0 Å². The van der Waals surface area contributed by atoms with Crippen LogP contribution in [-0.4, -0.2) is 29.2 Å². The number of thiazole rings is 1. The Hall–Kier alpha value is -1.92. The van der Waals surface area contributed by atoms with Gasteiger partial charge in [0.15, 0.2) is 16.7 Å². The fraction of sp³-hybridized carbons (Fsp3) is 0.267. The third-order valence-corrected chi connectivity index (χ3v) is 4.39. The summed E-state index contributed by atoms with van der Waals surface area (Å²) in [5.74, 6) is 2.06. The summed E-state index contributed by atoms with van der Waals surface area (Å²) in [7, 11) is 3.24. The number of nitrogens with zero attached hydrogens (tertiary/aromatic N) is 3. The van der Waals surface area contributed by atoms with Crippen LogP contribution in [0.15, 0.2) is 18.2 Å². The molecular formula is C15H14ClN3O2S. The molecule has 3 aromatic rings. The zero-order chi connectivity index (χ0) is 15.7. The van der Waals surface area contributed by atoms with Crippen molar-refractivity contribution in [2.24, 2.45) is 0 Å². The van der Waals surface area contributed by atoms with Crippen LogP contribution >= 0.6 is 22.9 Å². The van der Waals surface area contributed by atoms with Gasteiger partial charge < -0.3 is 9.47 Å². The molecule has 114 valence electrons. The lowest BCUT2D eigenvalue weighted by Gasteiger charge is -2.08. The van der Waals surface area contributed by atoms with Gasteiger partial charge in [-0.15, -0.1) is 0 Å². The first-order valence-corrected chi connectivity index (χ1v) is 7.80. The Labute approximate surface area is 136 Å². The number of hydrogen-bond donors (Lipinski definition) is 0. The van der Waals surface area contributed by atoms with E-state index in [1.165, 1.54) is 11.3 Å². The number of benzene rings is 1. The first-order valence-electron chi connectivity index (χ1n) is 6.61. The molecule has 0 spiro atoms. The fourth-order valence-electron chi connectivity index (χ4n) is 2.17. The summed E-state index contributed by atoms with van der Waals surface area (Å²) in [6.45, 7) is 1.82. The monoisotopic (exact) mass is 335 g/mol. The quantitative estimate of drug-likeness (QED) is 0.681. The summed E-state index contributed by atoms with van der Waals surface area (Å²) in [5.41, 5.74) is 1.74. The smallest absolute Gasteiger partial charge is 0.160 e. The van der Waals surface area contributed by atoms with Gasteiger partial charge in [0.25, 0.3) is 0 Å². The van der Waals surface area contributed by atoms with Crippen molar-refractivity contribution < 1.29 is 9.47 Å². The van der Waals surface area contributed by atoms with Crippen molar-refractivity contribution in [1.29, 1.82) is 0 Å². The maximum Gasteiger partial charge on any atom is 0.160 e. The zero-order valence-corrected chi connectivity index (χ0v) is 14.0. The van der Waals surface area contributed by atoms with Crippen LogP contribution in [-0.2, 0) is 6.42 Å². The average molecular weight is 336 g/mol. The lowest BCUT2D eigenvalue weighted by atomic mass is 10.1. The Kier molecular flexibility index (Phi) is 4.13. The summed E-state index contributed by atoms with van der Waals surface area (Å²) < 4.78 is 10.6. The van der Waals surface area contributed by atoms with Crippen LogP contribution in [0.25, 0.3) is 10.3 Å². The average Bonchev–Trinajstić information content (AvgIpc) is 2.89. The summed E-state index contributed by atoms with van der Waals surface area (Å²) >= 11 is 7.65. The summed E-state index contributed by atoms with van der Waals surface area (Å²) in [5, 5.41) is 1.33. The molecule has 2 aromatic heterocycles. The second-order valence-corrected chi connectivity index (χ2v) is 6.11. The molecule has 0 aliphatic heterocycles. The van der Waals surface area contributed by atoms with Crippen LogP contribution in [0.3, 0.4) is 0 Å². The molecule has 0 aliphatic rings. The van der Waals surface area contributed by atoms with Crippen molar-refractivity contribution >= 4 is 33.3 Å². The lowest BCUT2D eigenvalue weighted by molar-refractivity contribution is 0.354. The van der Waals surface area contributed by atoms with Gasteiger partial charge in [-0.3, -0.25) is 0 Å². The third-order valence-electron chi connectivity index (χ3n) is 3.18. The van der Waals surface area contributed by atoms with Crippen LogP contribution in [0.5, 0.6) is 11.5 Å². The molecule has 1 aromatic carbocycles. The normalized spacial score (nSPS) is 10.9. The minimum atomic E-state index is 0.400. The van der Waals surface area contributed by atoms with Crippen molar-refractivity contribution in [2.75, 3.05) is 14.2 Å². The largest absolute Gasteiger partial charge is 0.493 e. The highest BCUT2D eigenvalue weighted by Crippen LogP contribution is 2.30. The van der Waals surface area contributed by atoms with Crippen molar-refractivity contribution in [3.05, 3.63) is 39.7 Å². The van der Waals surface area contributed by atoms with E-state index in [9.17, 15) is 0 Å². The Bertz CT molecular complexity index is 835. The highest BCUT2D eigenvalue weighted by Gasteiger charge is 2.12. The number of halogens is 1. The standard InChI is InChI=1S/C15H14ClN3O2S/c1-8-17-14(16)13-15(18-8)22-12(19-13)7-9-4-5-10(20-2)11(6-9)21-3/h4-6H,7H2,1-3H3. The number of fused-ring (bicyclic) bond motifs is 1. The molecule has 0 aliphatic carbocycles. The molecule has 22 heavy (non-hydrogen) atoms. The van der Waals surface area contributed by atoms with E-state index in [1.807, 2.05) is 25.1 Å². The van der Waals surface area contributed by atoms with Gasteiger partial charge in [-0.1, -0.05) is 29.0 Å². The van der Waals surface area contributed by atoms with E-state index < -0.39 is 0 Å². The molecule has 0 saturated heterocycles. The first-order chi connectivity index (χ1) is 10.6. The van der Waals surface area contributed by atoms with Gasteiger partial charge >= 0.3 is 0 Å². The van der Waals surface area contributed by atoms with E-state index in [2.05, 4.69) is 15.0 Å². The van der Waals surface area contributed by atoms with Gasteiger partial charge in [0.05, 0.1) is 19.2 Å². The number of ether oxygens (including phenoxy) is 2. The summed E-state index contributed by atoms with van der Waals surface area (Å²) in [4.78, 5) is 13.9. The molecule has 0 saturated carbocycles. The van der Waals surface area contributed by atoms with Gasteiger partial charge in [-0.25, -0.2) is 15.0 Å². The van der Waals surface area contributed by atoms with E-state index in [1.54, 1.807) is 14.2 Å². The maximum atomic E-state index is 6.12. The van der Waals surface area contributed by atoms with Crippen LogP contribution in [0.2, 0.25) is 5.15 Å². The van der Waals surface area contributed by atoms with Gasteiger partial charge in [-0.05, 0) is 24.6 Å². The Morgan fingerprint density at radius 3 is 2.59 bits per heavy atom. The molecular weight excluding hydrogens is 322 g/mol. The maximum absolute atomic E-state index is 6.12. The molecule has 0 N–H and O–H groups in total. The Morgan fingerprint density at radius 1 is 1.09 bits per heavy atom. The van der Waals surface area contributed by atoms with Crippen molar-refractivity contribution in [3.8, 4) is 11.5 Å². The summed E-state index contributed by atoms with van der Waals surface area (Å²) in [6, 6.07) is 5.83. The minimum Gasteiger partial charge on any atom is -0.493 e. The highest BCUT2D eigenvalue weighted by molar-refractivity contribution is 7.18. The molecule has 2 heterocycles. The highest BCUT2D eigenvalue weighted by atomic mass is 35.5. The van der Waals surface area contributed by atoms with Crippen molar-refractivity contribution in [2.45, 2.75) is 13.3 Å². The number of methoxy groups -OCH3 is 2. The van der Waals surface area contributed by atoms with Crippen LogP contribution < -0.4 is 9.47 Å². The van der Waals surface area contributed by atoms with Gasteiger partial charge in [-0.2, -0.15) is 0 Å². The second kappa shape index (κ2) is 6.06. The molecule has 0 amide bonds. The van der Waals surface area contributed by atoms with Crippen LogP contribution in [0.4, 0.5) is 0 Å². The van der Waals surface area contributed by atoms with Crippen LogP contribution in [0.1, 0.15) is 16.4 Å². The van der Waals surface area contributed by atoms with E-state index in [4.69, 9.17) is 21.1 Å². The lowest BCUT2D eigenvalue weighted by Crippen LogP contribution is -1.93. The number of aromatic nitrogens is 3.